The van der Waals surface area contributed by atoms with Gasteiger partial charge in [-0.2, -0.15) is 0 Å². The number of carbonyl (C=O) groups excluding carboxylic acids is 1. The van der Waals surface area contributed by atoms with Crippen LogP contribution in [0, 0.1) is 5.92 Å². The van der Waals surface area contributed by atoms with Gasteiger partial charge in [-0.25, -0.2) is 4.79 Å². The summed E-state index contributed by atoms with van der Waals surface area (Å²) < 4.78 is 5.30. The van der Waals surface area contributed by atoms with Crippen molar-refractivity contribution in [2.45, 2.75) is 51.5 Å². The minimum atomic E-state index is -0.753. The molecule has 1 unspecified atom stereocenters. The van der Waals surface area contributed by atoms with Crippen LogP contribution in [0.5, 0.6) is 0 Å². The first kappa shape index (κ1) is 17.8. The van der Waals surface area contributed by atoms with E-state index >= 15 is 0 Å². The van der Waals surface area contributed by atoms with Crippen LogP contribution in [0.15, 0.2) is 0 Å². The van der Waals surface area contributed by atoms with Crippen molar-refractivity contribution in [2.24, 2.45) is 5.92 Å². The number of amides is 2. The average molecular weight is 300 g/mol. The van der Waals surface area contributed by atoms with Gasteiger partial charge in [-0.1, -0.05) is 13.3 Å². The summed E-state index contributed by atoms with van der Waals surface area (Å²) in [7, 11) is 1.83. The van der Waals surface area contributed by atoms with E-state index in [0.717, 1.165) is 38.9 Å². The number of carbonyl (C=O) groups is 2. The predicted octanol–water partition coefficient (Wildman–Crippen LogP) is 2.09. The third-order valence-electron chi connectivity index (χ3n) is 4.23. The van der Waals surface area contributed by atoms with Crippen LogP contribution >= 0.6 is 0 Å². The van der Waals surface area contributed by atoms with Crippen molar-refractivity contribution >= 4 is 12.0 Å². The van der Waals surface area contributed by atoms with Crippen LogP contribution in [0.3, 0.4) is 0 Å². The molecule has 2 amide bonds. The van der Waals surface area contributed by atoms with Gasteiger partial charge in [-0.15, -0.1) is 0 Å². The number of hydrogen-bond donors (Lipinski definition) is 2. The first-order valence-electron chi connectivity index (χ1n) is 7.84. The maximum absolute atomic E-state index is 12.1. The number of aliphatic carboxylic acids is 1. The molecule has 0 aliphatic carbocycles. The van der Waals surface area contributed by atoms with Crippen molar-refractivity contribution < 1.29 is 19.4 Å². The quantitative estimate of drug-likeness (QED) is 0.719. The van der Waals surface area contributed by atoms with E-state index in [2.05, 4.69) is 12.2 Å². The van der Waals surface area contributed by atoms with Gasteiger partial charge in [-0.3, -0.25) is 4.79 Å². The molecule has 1 rings (SSSR count). The van der Waals surface area contributed by atoms with Gasteiger partial charge < -0.3 is 20.1 Å². The lowest BCUT2D eigenvalue weighted by atomic mass is 9.97. The van der Waals surface area contributed by atoms with E-state index in [1.807, 2.05) is 7.05 Å². The molecule has 1 aliphatic rings. The monoisotopic (exact) mass is 300 g/mol. The Hall–Kier alpha value is -1.30. The predicted molar refractivity (Wildman–Crippen MR) is 80.3 cm³/mol. The van der Waals surface area contributed by atoms with Crippen molar-refractivity contribution in [3.05, 3.63) is 0 Å². The lowest BCUT2D eigenvalue weighted by Gasteiger charge is -2.31. The molecule has 0 aromatic carbocycles. The Balaban J connectivity index is 2.23. The Morgan fingerprint density at radius 2 is 2.00 bits per heavy atom. The Morgan fingerprint density at radius 1 is 1.33 bits per heavy atom. The molecule has 1 heterocycles. The zero-order valence-electron chi connectivity index (χ0n) is 13.1. The number of hydrogen-bond acceptors (Lipinski definition) is 3. The minimum Gasteiger partial charge on any atom is -0.481 e. The molecule has 1 fully saturated rings. The van der Waals surface area contributed by atoms with Crippen LogP contribution in [-0.2, 0) is 9.53 Å². The van der Waals surface area contributed by atoms with E-state index in [0.29, 0.717) is 18.9 Å². The van der Waals surface area contributed by atoms with E-state index in [4.69, 9.17) is 9.84 Å². The number of carboxylic acids is 1. The summed E-state index contributed by atoms with van der Waals surface area (Å²) >= 11 is 0. The van der Waals surface area contributed by atoms with Crippen LogP contribution < -0.4 is 5.32 Å². The van der Waals surface area contributed by atoms with E-state index < -0.39 is 5.97 Å². The van der Waals surface area contributed by atoms with Gasteiger partial charge in [0.2, 0.25) is 0 Å². The summed E-state index contributed by atoms with van der Waals surface area (Å²) in [6.45, 7) is 4.10. The average Bonchev–Trinajstić information content (AvgIpc) is 2.50. The van der Waals surface area contributed by atoms with Crippen molar-refractivity contribution in [1.82, 2.24) is 10.2 Å². The number of urea groups is 1. The van der Waals surface area contributed by atoms with Crippen molar-refractivity contribution in [2.75, 3.05) is 26.8 Å². The van der Waals surface area contributed by atoms with Gasteiger partial charge in [0.05, 0.1) is 0 Å². The molecule has 0 bridgehead atoms. The molecule has 0 aromatic heterocycles. The van der Waals surface area contributed by atoms with Crippen molar-refractivity contribution in [3.8, 4) is 0 Å². The Kier molecular flexibility index (Phi) is 8.12. The van der Waals surface area contributed by atoms with E-state index in [1.54, 1.807) is 4.90 Å². The van der Waals surface area contributed by atoms with Crippen LogP contribution in [0.4, 0.5) is 4.79 Å². The fraction of sp³-hybridized carbons (Fsp3) is 0.867. The zero-order chi connectivity index (χ0) is 15.7. The first-order valence-corrected chi connectivity index (χ1v) is 7.84. The van der Waals surface area contributed by atoms with Gasteiger partial charge >= 0.3 is 12.0 Å². The topological polar surface area (TPSA) is 78.9 Å². The molecule has 6 heteroatoms. The second-order valence-corrected chi connectivity index (χ2v) is 5.68. The molecule has 1 atom stereocenters. The van der Waals surface area contributed by atoms with Crippen LogP contribution in [-0.4, -0.2) is 54.9 Å². The van der Waals surface area contributed by atoms with Gasteiger partial charge in [0.1, 0.15) is 0 Å². The van der Waals surface area contributed by atoms with Gasteiger partial charge in [0.15, 0.2) is 0 Å². The third kappa shape index (κ3) is 6.80. The lowest BCUT2D eigenvalue weighted by Crippen LogP contribution is -2.46. The Labute approximate surface area is 126 Å². The third-order valence-corrected chi connectivity index (χ3v) is 4.23. The summed E-state index contributed by atoms with van der Waals surface area (Å²) in [6, 6.07) is 0.211. The smallest absolute Gasteiger partial charge is 0.317 e. The maximum Gasteiger partial charge on any atom is 0.317 e. The van der Waals surface area contributed by atoms with E-state index in [9.17, 15) is 9.59 Å². The summed E-state index contributed by atoms with van der Waals surface area (Å²) in [6.07, 6.45) is 4.43. The largest absolute Gasteiger partial charge is 0.481 e. The highest BCUT2D eigenvalue weighted by Gasteiger charge is 2.22. The molecule has 2 N–H and O–H groups in total. The SMILES string of the molecule is CCC(CCNC(=O)N(C)C1CCOCC1)CCC(=O)O. The molecular formula is C15H28N2O4. The molecule has 21 heavy (non-hydrogen) atoms. The Morgan fingerprint density at radius 3 is 2.57 bits per heavy atom. The second-order valence-electron chi connectivity index (χ2n) is 5.68. The number of nitrogens with one attached hydrogen (secondary N) is 1. The number of carboxylic acid groups (broad SMARTS) is 1. The van der Waals surface area contributed by atoms with Gasteiger partial charge in [0.25, 0.3) is 0 Å². The van der Waals surface area contributed by atoms with Gasteiger partial charge in [0, 0.05) is 39.3 Å². The summed E-state index contributed by atoms with van der Waals surface area (Å²) in [5.74, 6) is -0.397. The fourth-order valence-corrected chi connectivity index (χ4v) is 2.63. The molecule has 0 spiro atoms. The maximum atomic E-state index is 12.1. The standard InChI is InChI=1S/C15H28N2O4/c1-3-12(4-5-14(18)19)6-9-16-15(20)17(2)13-7-10-21-11-8-13/h12-13H,3-11H2,1-2H3,(H,16,20)(H,18,19). The first-order chi connectivity index (χ1) is 10.0. The highest BCUT2D eigenvalue weighted by molar-refractivity contribution is 5.74. The minimum absolute atomic E-state index is 0.0463. The van der Waals surface area contributed by atoms with Crippen molar-refractivity contribution in [3.63, 3.8) is 0 Å². The second kappa shape index (κ2) is 9.60. The molecule has 122 valence electrons. The summed E-state index contributed by atoms with van der Waals surface area (Å²) in [4.78, 5) is 24.4. The van der Waals surface area contributed by atoms with E-state index in [1.165, 1.54) is 0 Å². The van der Waals surface area contributed by atoms with Gasteiger partial charge in [-0.05, 0) is 31.6 Å². The number of nitrogens with zero attached hydrogens (tertiary/aromatic N) is 1. The molecule has 1 saturated heterocycles. The van der Waals surface area contributed by atoms with Crippen molar-refractivity contribution in [1.29, 1.82) is 0 Å². The van der Waals surface area contributed by atoms with E-state index in [-0.39, 0.29) is 18.5 Å². The van der Waals surface area contributed by atoms with Crippen LogP contribution in [0.1, 0.15) is 45.4 Å². The van der Waals surface area contributed by atoms with Crippen LogP contribution in [0.25, 0.3) is 0 Å². The molecule has 0 aromatic rings. The highest BCUT2D eigenvalue weighted by atomic mass is 16.5. The van der Waals surface area contributed by atoms with Crippen LogP contribution in [0.2, 0.25) is 0 Å². The zero-order valence-corrected chi connectivity index (χ0v) is 13.1. The molecule has 6 nitrogen and oxygen atoms in total. The Bertz CT molecular complexity index is 330. The lowest BCUT2D eigenvalue weighted by molar-refractivity contribution is -0.137. The molecular weight excluding hydrogens is 272 g/mol. The molecule has 0 saturated carbocycles. The molecule has 1 aliphatic heterocycles. The number of ether oxygens (including phenoxy) is 1. The fourth-order valence-electron chi connectivity index (χ4n) is 2.63. The summed E-state index contributed by atoms with van der Waals surface area (Å²) in [5, 5.41) is 11.6. The highest BCUT2D eigenvalue weighted by Crippen LogP contribution is 2.15. The summed E-state index contributed by atoms with van der Waals surface area (Å²) in [5.41, 5.74) is 0. The molecule has 0 radical (unpaired) electrons. The normalized spacial score (nSPS) is 17.2. The number of rotatable bonds is 8.